The third kappa shape index (κ3) is 2.04. The Labute approximate surface area is 142 Å². The first-order valence-electron chi connectivity index (χ1n) is 7.79. The van der Waals surface area contributed by atoms with Gasteiger partial charge in [0.25, 0.3) is 0 Å². The van der Waals surface area contributed by atoms with Crippen molar-refractivity contribution in [2.75, 3.05) is 0 Å². The fourth-order valence-corrected chi connectivity index (χ4v) is 3.92. The molecule has 24 heavy (non-hydrogen) atoms. The molecule has 0 aliphatic rings. The lowest BCUT2D eigenvalue weighted by molar-refractivity contribution is 1.10. The number of nitrogens with zero attached hydrogens (tertiary/aromatic N) is 3. The van der Waals surface area contributed by atoms with Gasteiger partial charge in [-0.25, -0.2) is 9.97 Å². The predicted molar refractivity (Wildman–Crippen MR) is 99.7 cm³/mol. The highest BCUT2D eigenvalue weighted by atomic mass is 32.1. The van der Waals surface area contributed by atoms with Crippen LogP contribution in [0.4, 0.5) is 0 Å². The van der Waals surface area contributed by atoms with Crippen molar-refractivity contribution < 1.29 is 0 Å². The van der Waals surface area contributed by atoms with Crippen LogP contribution in [0.5, 0.6) is 0 Å². The molecule has 0 unspecified atom stereocenters. The van der Waals surface area contributed by atoms with Crippen molar-refractivity contribution in [2.45, 2.75) is 0 Å². The number of benzene rings is 3. The first-order chi connectivity index (χ1) is 11.9. The molecule has 0 saturated heterocycles. The molecule has 2 heterocycles. The summed E-state index contributed by atoms with van der Waals surface area (Å²) in [5.74, 6) is 0.892. The van der Waals surface area contributed by atoms with Gasteiger partial charge in [-0.2, -0.15) is 0 Å². The van der Waals surface area contributed by atoms with E-state index in [0.29, 0.717) is 0 Å². The standard InChI is InChI=1S/C20H13N3S/c1-2-8-14(9-3-1)23-17-12-6-4-10-15(17)21-19(23)20-22-16-11-5-7-13-18(16)24-20/h1-13H. The summed E-state index contributed by atoms with van der Waals surface area (Å²) in [6.07, 6.45) is 0. The van der Waals surface area contributed by atoms with E-state index in [4.69, 9.17) is 9.97 Å². The first kappa shape index (κ1) is 13.5. The zero-order valence-corrected chi connectivity index (χ0v) is 13.6. The third-order valence-electron chi connectivity index (χ3n) is 4.06. The molecule has 0 saturated carbocycles. The minimum atomic E-state index is 0.892. The van der Waals surface area contributed by atoms with Crippen LogP contribution in [0.25, 0.3) is 37.8 Å². The first-order valence-corrected chi connectivity index (χ1v) is 8.61. The Balaban J connectivity index is 1.85. The molecular formula is C20H13N3S. The molecule has 3 aromatic carbocycles. The summed E-state index contributed by atoms with van der Waals surface area (Å²) in [5, 5.41) is 0.941. The second-order valence-corrected chi connectivity index (χ2v) is 6.61. The van der Waals surface area contributed by atoms with Gasteiger partial charge in [-0.1, -0.05) is 42.5 Å². The number of rotatable bonds is 2. The van der Waals surface area contributed by atoms with Crippen LogP contribution in [0.15, 0.2) is 78.9 Å². The van der Waals surface area contributed by atoms with Gasteiger partial charge in [0, 0.05) is 5.69 Å². The SMILES string of the molecule is c1ccc(-n2c(-c3nc4ccccc4s3)nc3ccccc32)cc1. The maximum absolute atomic E-state index is 4.87. The van der Waals surface area contributed by atoms with Crippen LogP contribution in [-0.4, -0.2) is 14.5 Å². The monoisotopic (exact) mass is 327 g/mol. The van der Waals surface area contributed by atoms with E-state index in [-0.39, 0.29) is 0 Å². The van der Waals surface area contributed by atoms with E-state index >= 15 is 0 Å². The van der Waals surface area contributed by atoms with Crippen LogP contribution in [0.1, 0.15) is 0 Å². The topological polar surface area (TPSA) is 30.7 Å². The molecule has 5 rings (SSSR count). The lowest BCUT2D eigenvalue weighted by Crippen LogP contribution is -1.96. The Morgan fingerprint density at radius 2 is 1.38 bits per heavy atom. The van der Waals surface area contributed by atoms with Gasteiger partial charge in [0.1, 0.15) is 0 Å². The predicted octanol–water partition coefficient (Wildman–Crippen LogP) is 5.30. The van der Waals surface area contributed by atoms with E-state index in [1.807, 2.05) is 54.6 Å². The highest BCUT2D eigenvalue weighted by molar-refractivity contribution is 7.21. The number of para-hydroxylation sites is 4. The van der Waals surface area contributed by atoms with E-state index in [1.54, 1.807) is 11.3 Å². The van der Waals surface area contributed by atoms with Crippen LogP contribution < -0.4 is 0 Å². The highest BCUT2D eigenvalue weighted by Crippen LogP contribution is 2.33. The van der Waals surface area contributed by atoms with Gasteiger partial charge in [-0.05, 0) is 36.4 Å². The van der Waals surface area contributed by atoms with Gasteiger partial charge < -0.3 is 0 Å². The van der Waals surface area contributed by atoms with E-state index in [0.717, 1.165) is 33.1 Å². The van der Waals surface area contributed by atoms with E-state index < -0.39 is 0 Å². The van der Waals surface area contributed by atoms with Gasteiger partial charge in [-0.15, -0.1) is 11.3 Å². The molecule has 0 N–H and O–H groups in total. The van der Waals surface area contributed by atoms with Gasteiger partial charge in [0.05, 0.1) is 21.3 Å². The Morgan fingerprint density at radius 1 is 0.667 bits per heavy atom. The second kappa shape index (κ2) is 5.28. The van der Waals surface area contributed by atoms with Crippen LogP contribution in [0.2, 0.25) is 0 Å². The Kier molecular flexibility index (Phi) is 2.96. The average molecular weight is 327 g/mol. The molecule has 0 aliphatic heterocycles. The number of fused-ring (bicyclic) bond motifs is 2. The smallest absolute Gasteiger partial charge is 0.175 e. The second-order valence-electron chi connectivity index (χ2n) is 5.58. The molecule has 0 radical (unpaired) electrons. The zero-order chi connectivity index (χ0) is 15.9. The average Bonchev–Trinajstić information content (AvgIpc) is 3.23. The molecule has 0 aliphatic carbocycles. The minimum absolute atomic E-state index is 0.892. The van der Waals surface area contributed by atoms with E-state index in [9.17, 15) is 0 Å². The van der Waals surface area contributed by atoms with Crippen LogP contribution >= 0.6 is 11.3 Å². The maximum Gasteiger partial charge on any atom is 0.175 e. The Hall–Kier alpha value is -2.98. The summed E-state index contributed by atoms with van der Waals surface area (Å²) in [4.78, 5) is 9.67. The Bertz CT molecular complexity index is 1120. The number of hydrogen-bond acceptors (Lipinski definition) is 3. The molecule has 0 bridgehead atoms. The van der Waals surface area contributed by atoms with Crippen molar-refractivity contribution in [1.82, 2.24) is 14.5 Å². The van der Waals surface area contributed by atoms with Gasteiger partial charge in [-0.3, -0.25) is 4.57 Å². The van der Waals surface area contributed by atoms with Gasteiger partial charge >= 0.3 is 0 Å². The molecule has 114 valence electrons. The third-order valence-corrected chi connectivity index (χ3v) is 5.09. The summed E-state index contributed by atoms with van der Waals surface area (Å²) in [5.41, 5.74) is 4.19. The largest absolute Gasteiger partial charge is 0.290 e. The number of imidazole rings is 1. The normalized spacial score (nSPS) is 11.3. The maximum atomic E-state index is 4.87. The molecule has 0 amide bonds. The molecule has 5 aromatic rings. The lowest BCUT2D eigenvalue weighted by Gasteiger charge is -2.07. The summed E-state index contributed by atoms with van der Waals surface area (Å²) >= 11 is 1.68. The number of thiazole rings is 1. The summed E-state index contributed by atoms with van der Waals surface area (Å²) < 4.78 is 3.37. The van der Waals surface area contributed by atoms with Crippen molar-refractivity contribution in [3.63, 3.8) is 0 Å². The lowest BCUT2D eigenvalue weighted by atomic mass is 10.3. The summed E-state index contributed by atoms with van der Waals surface area (Å²) in [7, 11) is 0. The van der Waals surface area contributed by atoms with Crippen LogP contribution in [0, 0.1) is 0 Å². The van der Waals surface area contributed by atoms with Crippen LogP contribution in [-0.2, 0) is 0 Å². The molecule has 3 nitrogen and oxygen atoms in total. The quantitative estimate of drug-likeness (QED) is 0.440. The summed E-state index contributed by atoms with van der Waals surface area (Å²) in [6, 6.07) is 26.8. The molecule has 2 aromatic heterocycles. The Morgan fingerprint density at radius 3 is 2.21 bits per heavy atom. The fourth-order valence-electron chi connectivity index (χ4n) is 2.98. The fraction of sp³-hybridized carbons (Fsp3) is 0. The molecular weight excluding hydrogens is 314 g/mol. The van der Waals surface area contributed by atoms with E-state index in [2.05, 4.69) is 28.8 Å². The van der Waals surface area contributed by atoms with Crippen LogP contribution in [0.3, 0.4) is 0 Å². The zero-order valence-electron chi connectivity index (χ0n) is 12.8. The van der Waals surface area contributed by atoms with Crippen molar-refractivity contribution >= 4 is 32.6 Å². The minimum Gasteiger partial charge on any atom is -0.290 e. The molecule has 0 spiro atoms. The molecule has 4 heteroatoms. The van der Waals surface area contributed by atoms with Crippen molar-refractivity contribution in [2.24, 2.45) is 0 Å². The van der Waals surface area contributed by atoms with Crippen molar-refractivity contribution in [1.29, 1.82) is 0 Å². The molecule has 0 atom stereocenters. The van der Waals surface area contributed by atoms with Crippen molar-refractivity contribution in [3.8, 4) is 16.5 Å². The number of hydrogen-bond donors (Lipinski definition) is 0. The summed E-state index contributed by atoms with van der Waals surface area (Å²) in [6.45, 7) is 0. The highest BCUT2D eigenvalue weighted by Gasteiger charge is 2.17. The van der Waals surface area contributed by atoms with E-state index in [1.165, 1.54) is 4.70 Å². The van der Waals surface area contributed by atoms with Gasteiger partial charge in [0.2, 0.25) is 0 Å². The van der Waals surface area contributed by atoms with Crippen molar-refractivity contribution in [3.05, 3.63) is 78.9 Å². The number of aromatic nitrogens is 3. The van der Waals surface area contributed by atoms with Gasteiger partial charge in [0.15, 0.2) is 10.8 Å². The molecule has 0 fully saturated rings.